The summed E-state index contributed by atoms with van der Waals surface area (Å²) in [6, 6.07) is 15.4. The summed E-state index contributed by atoms with van der Waals surface area (Å²) in [7, 11) is 0. The van der Waals surface area contributed by atoms with Crippen molar-refractivity contribution in [3.63, 3.8) is 0 Å². The summed E-state index contributed by atoms with van der Waals surface area (Å²) < 4.78 is 0. The summed E-state index contributed by atoms with van der Waals surface area (Å²) in [6.07, 6.45) is 0.219. The number of amides is 3. The molecular weight excluding hydrogens is 366 g/mol. The van der Waals surface area contributed by atoms with Crippen LogP contribution in [0.3, 0.4) is 0 Å². The van der Waals surface area contributed by atoms with E-state index >= 15 is 0 Å². The van der Waals surface area contributed by atoms with Crippen LogP contribution in [0, 0.1) is 0 Å². The van der Waals surface area contributed by atoms with E-state index in [-0.39, 0.29) is 42.5 Å². The highest BCUT2D eigenvalue weighted by molar-refractivity contribution is 6.10. The predicted molar refractivity (Wildman–Crippen MR) is 112 cm³/mol. The average molecular weight is 391 g/mol. The summed E-state index contributed by atoms with van der Waals surface area (Å²) in [5.41, 5.74) is 3.61. The smallest absolute Gasteiger partial charge is 0.244 e. The van der Waals surface area contributed by atoms with Gasteiger partial charge in [-0.05, 0) is 23.3 Å². The van der Waals surface area contributed by atoms with Gasteiger partial charge in [-0.25, -0.2) is 0 Å². The molecule has 1 N–H and O–H groups in total. The molecule has 0 bridgehead atoms. The van der Waals surface area contributed by atoms with E-state index in [1.54, 1.807) is 12.1 Å². The largest absolute Gasteiger partial charge is 0.337 e. The molecule has 2 aromatic rings. The van der Waals surface area contributed by atoms with Gasteiger partial charge in [0.25, 0.3) is 0 Å². The Morgan fingerprint density at radius 3 is 2.48 bits per heavy atom. The SMILES string of the molecule is CC1(C)CN(C(=O)CCC(=O)N2CC(=O)Nc3ccccc32)Cc2ccccc21. The zero-order valence-electron chi connectivity index (χ0n) is 16.8. The lowest BCUT2D eigenvalue weighted by Crippen LogP contribution is -2.46. The quantitative estimate of drug-likeness (QED) is 0.874. The van der Waals surface area contributed by atoms with Crippen LogP contribution in [0.2, 0.25) is 0 Å². The second-order valence-corrected chi connectivity index (χ2v) is 8.34. The average Bonchev–Trinajstić information content (AvgIpc) is 2.70. The maximum Gasteiger partial charge on any atom is 0.244 e. The number of carbonyl (C=O) groups is 3. The van der Waals surface area contributed by atoms with Crippen molar-refractivity contribution in [2.45, 2.75) is 38.6 Å². The van der Waals surface area contributed by atoms with Crippen LogP contribution in [0.1, 0.15) is 37.8 Å². The molecule has 3 amide bonds. The molecule has 0 unspecified atom stereocenters. The Morgan fingerprint density at radius 2 is 1.66 bits per heavy atom. The monoisotopic (exact) mass is 391 g/mol. The first kappa shape index (κ1) is 19.2. The number of benzene rings is 2. The Labute approximate surface area is 170 Å². The molecule has 0 atom stereocenters. The lowest BCUT2D eigenvalue weighted by molar-refractivity contribution is -0.134. The molecule has 150 valence electrons. The predicted octanol–water partition coefficient (Wildman–Crippen LogP) is 3.07. The van der Waals surface area contributed by atoms with E-state index in [0.717, 1.165) is 5.56 Å². The molecule has 0 fully saturated rings. The van der Waals surface area contributed by atoms with Gasteiger partial charge in [0.15, 0.2) is 0 Å². The van der Waals surface area contributed by atoms with Crippen LogP contribution in [0.4, 0.5) is 11.4 Å². The Bertz CT molecular complexity index is 983. The lowest BCUT2D eigenvalue weighted by atomic mass is 9.78. The third-order valence-electron chi connectivity index (χ3n) is 5.67. The van der Waals surface area contributed by atoms with Crippen LogP contribution >= 0.6 is 0 Å². The molecule has 0 saturated heterocycles. The normalized spacial score (nSPS) is 17.2. The first-order valence-corrected chi connectivity index (χ1v) is 9.90. The summed E-state index contributed by atoms with van der Waals surface area (Å²) in [5, 5.41) is 2.77. The highest BCUT2D eigenvalue weighted by Crippen LogP contribution is 2.34. The van der Waals surface area contributed by atoms with Gasteiger partial charge >= 0.3 is 0 Å². The van der Waals surface area contributed by atoms with Crippen molar-refractivity contribution in [1.82, 2.24) is 4.90 Å². The van der Waals surface area contributed by atoms with E-state index in [0.29, 0.717) is 24.5 Å². The number of para-hydroxylation sites is 2. The molecule has 0 radical (unpaired) electrons. The van der Waals surface area contributed by atoms with Crippen molar-refractivity contribution in [3.8, 4) is 0 Å². The number of carbonyl (C=O) groups excluding carboxylic acids is 3. The molecule has 2 heterocycles. The van der Waals surface area contributed by atoms with Crippen molar-refractivity contribution in [2.75, 3.05) is 23.3 Å². The van der Waals surface area contributed by atoms with E-state index in [4.69, 9.17) is 0 Å². The number of fused-ring (bicyclic) bond motifs is 2. The molecule has 6 heteroatoms. The number of nitrogens with one attached hydrogen (secondary N) is 1. The molecule has 6 nitrogen and oxygen atoms in total. The molecule has 0 aliphatic carbocycles. The van der Waals surface area contributed by atoms with E-state index in [1.807, 2.05) is 29.2 Å². The summed E-state index contributed by atoms with van der Waals surface area (Å²) in [4.78, 5) is 40.9. The van der Waals surface area contributed by atoms with Crippen LogP contribution in [0.25, 0.3) is 0 Å². The Kier molecular flexibility index (Phi) is 4.86. The van der Waals surface area contributed by atoms with Gasteiger partial charge in [-0.15, -0.1) is 0 Å². The van der Waals surface area contributed by atoms with Gasteiger partial charge in [0.05, 0.1) is 11.4 Å². The van der Waals surface area contributed by atoms with E-state index in [1.165, 1.54) is 10.5 Å². The lowest BCUT2D eigenvalue weighted by Gasteiger charge is -2.40. The first-order chi connectivity index (χ1) is 13.8. The molecule has 29 heavy (non-hydrogen) atoms. The van der Waals surface area contributed by atoms with Gasteiger partial charge in [0.2, 0.25) is 17.7 Å². The number of hydrogen-bond donors (Lipinski definition) is 1. The minimum absolute atomic E-state index is 0.0197. The molecule has 4 rings (SSSR count). The van der Waals surface area contributed by atoms with E-state index in [9.17, 15) is 14.4 Å². The Hall–Kier alpha value is -3.15. The van der Waals surface area contributed by atoms with Crippen molar-refractivity contribution in [2.24, 2.45) is 0 Å². The number of nitrogens with zero attached hydrogens (tertiary/aromatic N) is 2. The third-order valence-corrected chi connectivity index (χ3v) is 5.67. The topological polar surface area (TPSA) is 69.7 Å². The summed E-state index contributed by atoms with van der Waals surface area (Å²) in [6.45, 7) is 5.46. The fraction of sp³-hybridized carbons (Fsp3) is 0.348. The minimum Gasteiger partial charge on any atom is -0.337 e. The number of hydrogen-bond acceptors (Lipinski definition) is 3. The molecule has 2 aliphatic rings. The third kappa shape index (κ3) is 3.75. The summed E-state index contributed by atoms with van der Waals surface area (Å²) in [5.74, 6) is -0.467. The van der Waals surface area contributed by atoms with Gasteiger partial charge in [0.1, 0.15) is 6.54 Å². The molecule has 0 aromatic heterocycles. The summed E-state index contributed by atoms with van der Waals surface area (Å²) >= 11 is 0. The van der Waals surface area contributed by atoms with Gasteiger partial charge in [-0.1, -0.05) is 50.2 Å². The standard InChI is InChI=1S/C23H25N3O3/c1-23(2)15-25(13-16-7-3-4-8-17(16)23)21(28)11-12-22(29)26-14-20(27)24-18-9-5-6-10-19(18)26/h3-10H,11-15H2,1-2H3,(H,24,27). The minimum atomic E-state index is -0.224. The molecule has 0 spiro atoms. The maximum absolute atomic E-state index is 12.9. The fourth-order valence-corrected chi connectivity index (χ4v) is 4.28. The fourth-order valence-electron chi connectivity index (χ4n) is 4.28. The van der Waals surface area contributed by atoms with Crippen molar-refractivity contribution in [3.05, 3.63) is 59.7 Å². The molecule has 2 aliphatic heterocycles. The van der Waals surface area contributed by atoms with Gasteiger partial charge in [-0.3, -0.25) is 14.4 Å². The van der Waals surface area contributed by atoms with Gasteiger partial charge in [0, 0.05) is 31.3 Å². The molecule has 0 saturated carbocycles. The van der Waals surface area contributed by atoms with Crippen LogP contribution in [-0.2, 0) is 26.3 Å². The number of rotatable bonds is 3. The van der Waals surface area contributed by atoms with E-state index < -0.39 is 0 Å². The highest BCUT2D eigenvalue weighted by atomic mass is 16.2. The van der Waals surface area contributed by atoms with Gasteiger partial charge in [-0.2, -0.15) is 0 Å². The van der Waals surface area contributed by atoms with Crippen LogP contribution in [0.15, 0.2) is 48.5 Å². The second kappa shape index (κ2) is 7.35. The molecular formula is C23H25N3O3. The number of anilines is 2. The highest BCUT2D eigenvalue weighted by Gasteiger charge is 2.34. The first-order valence-electron chi connectivity index (χ1n) is 9.90. The Balaban J connectivity index is 1.43. The van der Waals surface area contributed by atoms with Crippen molar-refractivity contribution in [1.29, 1.82) is 0 Å². The Morgan fingerprint density at radius 1 is 0.966 bits per heavy atom. The van der Waals surface area contributed by atoms with Crippen molar-refractivity contribution < 1.29 is 14.4 Å². The zero-order chi connectivity index (χ0) is 20.6. The van der Waals surface area contributed by atoms with Crippen LogP contribution in [0.5, 0.6) is 0 Å². The van der Waals surface area contributed by atoms with Crippen molar-refractivity contribution >= 4 is 29.1 Å². The zero-order valence-corrected chi connectivity index (χ0v) is 16.8. The second-order valence-electron chi connectivity index (χ2n) is 8.34. The maximum atomic E-state index is 12.9. The van der Waals surface area contributed by atoms with Gasteiger partial charge < -0.3 is 15.1 Å². The van der Waals surface area contributed by atoms with Crippen LogP contribution < -0.4 is 10.2 Å². The van der Waals surface area contributed by atoms with Crippen LogP contribution in [-0.4, -0.2) is 35.7 Å². The molecule has 2 aromatic carbocycles. The van der Waals surface area contributed by atoms with E-state index in [2.05, 4.69) is 31.3 Å².